The molecule has 0 amide bonds. The number of phenolic OH excluding ortho intramolecular Hbond substituents is 1. The predicted molar refractivity (Wildman–Crippen MR) is 74.8 cm³/mol. The molecular weight excluding hydrogens is 274 g/mol. The van der Waals surface area contributed by atoms with Gasteiger partial charge in [0.15, 0.2) is 0 Å². The van der Waals surface area contributed by atoms with Crippen LogP contribution in [0.25, 0.3) is 11.4 Å². The fraction of sp³-hybridized carbons (Fsp3) is 0.0625. The van der Waals surface area contributed by atoms with Crippen LogP contribution in [0.3, 0.4) is 0 Å². The second-order valence-electron chi connectivity index (χ2n) is 4.67. The number of hydrogen-bond acceptors (Lipinski definition) is 2. The number of rotatable bonds is 3. The van der Waals surface area contributed by atoms with E-state index in [0.29, 0.717) is 23.5 Å². The molecule has 3 nitrogen and oxygen atoms in total. The van der Waals surface area contributed by atoms with Crippen molar-refractivity contribution in [3.05, 3.63) is 72.1 Å². The number of nitrogens with zero attached hydrogens (tertiary/aromatic N) is 2. The van der Waals surface area contributed by atoms with E-state index in [0.717, 1.165) is 6.07 Å². The number of hydrogen-bond donors (Lipinski definition) is 1. The first-order valence-corrected chi connectivity index (χ1v) is 6.38. The molecule has 0 spiro atoms. The van der Waals surface area contributed by atoms with Crippen molar-refractivity contribution in [3.8, 4) is 17.1 Å². The molecule has 0 bridgehead atoms. The van der Waals surface area contributed by atoms with Gasteiger partial charge in [0.25, 0.3) is 0 Å². The number of imidazole rings is 1. The zero-order valence-electron chi connectivity index (χ0n) is 11.0. The third kappa shape index (κ3) is 2.76. The maximum absolute atomic E-state index is 13.3. The van der Waals surface area contributed by atoms with Crippen molar-refractivity contribution >= 4 is 0 Å². The van der Waals surface area contributed by atoms with E-state index in [2.05, 4.69) is 4.98 Å². The minimum Gasteiger partial charge on any atom is -0.508 e. The summed E-state index contributed by atoms with van der Waals surface area (Å²) in [4.78, 5) is 4.14. The van der Waals surface area contributed by atoms with Crippen LogP contribution in [0.2, 0.25) is 0 Å². The van der Waals surface area contributed by atoms with Crippen LogP contribution in [-0.4, -0.2) is 14.7 Å². The highest BCUT2D eigenvalue weighted by atomic mass is 19.1. The van der Waals surface area contributed by atoms with Crippen LogP contribution < -0.4 is 0 Å². The van der Waals surface area contributed by atoms with Gasteiger partial charge in [0, 0.05) is 29.6 Å². The highest BCUT2D eigenvalue weighted by Crippen LogP contribution is 2.23. The lowest BCUT2D eigenvalue weighted by atomic mass is 10.1. The van der Waals surface area contributed by atoms with Crippen molar-refractivity contribution in [3.63, 3.8) is 0 Å². The molecule has 0 atom stereocenters. The van der Waals surface area contributed by atoms with Crippen LogP contribution in [0.1, 0.15) is 5.56 Å². The smallest absolute Gasteiger partial charge is 0.140 e. The Labute approximate surface area is 120 Å². The molecule has 2 aromatic carbocycles. The van der Waals surface area contributed by atoms with E-state index in [4.69, 9.17) is 0 Å². The van der Waals surface area contributed by atoms with E-state index in [-0.39, 0.29) is 5.75 Å². The molecule has 3 aromatic rings. The molecule has 3 rings (SSSR count). The van der Waals surface area contributed by atoms with Crippen molar-refractivity contribution in [2.45, 2.75) is 6.54 Å². The minimum absolute atomic E-state index is 0.169. The van der Waals surface area contributed by atoms with Gasteiger partial charge in [0.1, 0.15) is 23.2 Å². The van der Waals surface area contributed by atoms with Gasteiger partial charge in [0.05, 0.1) is 6.54 Å². The number of aromatic hydroxyl groups is 1. The molecule has 106 valence electrons. The zero-order valence-corrected chi connectivity index (χ0v) is 11.0. The Bertz CT molecular complexity index is 763. The number of halogens is 2. The summed E-state index contributed by atoms with van der Waals surface area (Å²) in [5.74, 6) is -0.691. The van der Waals surface area contributed by atoms with E-state index < -0.39 is 11.6 Å². The summed E-state index contributed by atoms with van der Waals surface area (Å²) in [6, 6.07) is 10.2. The molecule has 1 N–H and O–H groups in total. The topological polar surface area (TPSA) is 38.0 Å². The molecule has 1 heterocycles. The van der Waals surface area contributed by atoms with Gasteiger partial charge in [-0.1, -0.05) is 18.2 Å². The Balaban J connectivity index is 1.99. The van der Waals surface area contributed by atoms with Gasteiger partial charge in [-0.05, 0) is 18.2 Å². The molecule has 1 aromatic heterocycles. The van der Waals surface area contributed by atoms with E-state index in [9.17, 15) is 13.9 Å². The van der Waals surface area contributed by atoms with Gasteiger partial charge in [-0.2, -0.15) is 0 Å². The fourth-order valence-electron chi connectivity index (χ4n) is 2.21. The van der Waals surface area contributed by atoms with E-state index in [1.165, 1.54) is 12.1 Å². The Morgan fingerprint density at radius 3 is 2.48 bits per heavy atom. The molecule has 0 aliphatic carbocycles. The monoisotopic (exact) mass is 286 g/mol. The van der Waals surface area contributed by atoms with Crippen molar-refractivity contribution in [2.75, 3.05) is 0 Å². The first-order chi connectivity index (χ1) is 10.1. The Kier molecular flexibility index (Phi) is 3.39. The summed E-state index contributed by atoms with van der Waals surface area (Å²) >= 11 is 0. The first-order valence-electron chi connectivity index (χ1n) is 6.38. The third-order valence-electron chi connectivity index (χ3n) is 3.17. The zero-order chi connectivity index (χ0) is 14.8. The summed E-state index contributed by atoms with van der Waals surface area (Å²) in [6.45, 7) is 0.361. The second-order valence-corrected chi connectivity index (χ2v) is 4.67. The molecule has 0 aliphatic heterocycles. The number of benzene rings is 2. The van der Waals surface area contributed by atoms with Crippen LogP contribution in [-0.2, 0) is 6.54 Å². The lowest BCUT2D eigenvalue weighted by Crippen LogP contribution is -2.02. The van der Waals surface area contributed by atoms with Crippen LogP contribution in [0, 0.1) is 11.6 Å². The normalized spacial score (nSPS) is 10.8. The molecule has 0 radical (unpaired) electrons. The van der Waals surface area contributed by atoms with Gasteiger partial charge in [-0.15, -0.1) is 0 Å². The molecule has 0 saturated carbocycles. The molecule has 5 heteroatoms. The van der Waals surface area contributed by atoms with Gasteiger partial charge in [-0.3, -0.25) is 0 Å². The van der Waals surface area contributed by atoms with E-state index in [1.54, 1.807) is 35.2 Å². The molecule has 0 unspecified atom stereocenters. The number of aromatic nitrogens is 2. The highest BCUT2D eigenvalue weighted by molar-refractivity contribution is 5.56. The molecule has 21 heavy (non-hydrogen) atoms. The summed E-state index contributed by atoms with van der Waals surface area (Å²) in [7, 11) is 0. The fourth-order valence-corrected chi connectivity index (χ4v) is 2.21. The number of para-hydroxylation sites is 1. The summed E-state index contributed by atoms with van der Waals surface area (Å²) < 4.78 is 28.4. The maximum Gasteiger partial charge on any atom is 0.140 e. The van der Waals surface area contributed by atoms with Gasteiger partial charge in [0.2, 0.25) is 0 Å². The predicted octanol–water partition coefficient (Wildman–Crippen LogP) is 3.58. The third-order valence-corrected chi connectivity index (χ3v) is 3.17. The lowest BCUT2D eigenvalue weighted by molar-refractivity contribution is 0.466. The Morgan fingerprint density at radius 1 is 1.05 bits per heavy atom. The molecule has 0 fully saturated rings. The van der Waals surface area contributed by atoms with Crippen molar-refractivity contribution in [1.29, 1.82) is 0 Å². The summed E-state index contributed by atoms with van der Waals surface area (Å²) in [5, 5.41) is 9.81. The lowest BCUT2D eigenvalue weighted by Gasteiger charge is -2.09. The van der Waals surface area contributed by atoms with E-state index in [1.807, 2.05) is 6.07 Å². The average molecular weight is 286 g/mol. The van der Waals surface area contributed by atoms with Gasteiger partial charge < -0.3 is 9.67 Å². The summed E-state index contributed by atoms with van der Waals surface area (Å²) in [5.41, 5.74) is 1.06. The van der Waals surface area contributed by atoms with Crippen LogP contribution in [0.5, 0.6) is 5.75 Å². The Hall–Kier alpha value is -2.69. The SMILES string of the molecule is Oc1ccccc1Cn1ccnc1-c1cc(F)cc(F)c1. The van der Waals surface area contributed by atoms with Crippen LogP contribution in [0.15, 0.2) is 54.9 Å². The second kappa shape index (κ2) is 5.36. The van der Waals surface area contributed by atoms with Crippen molar-refractivity contribution in [2.24, 2.45) is 0 Å². The largest absolute Gasteiger partial charge is 0.508 e. The molecule has 0 aliphatic rings. The quantitative estimate of drug-likeness (QED) is 0.799. The standard InChI is InChI=1S/C16H12F2N2O/c17-13-7-12(8-14(18)9-13)16-19-5-6-20(16)10-11-3-1-2-4-15(11)21/h1-9,21H,10H2. The summed E-state index contributed by atoms with van der Waals surface area (Å²) in [6.07, 6.45) is 3.25. The van der Waals surface area contributed by atoms with Crippen molar-refractivity contribution < 1.29 is 13.9 Å². The highest BCUT2D eigenvalue weighted by Gasteiger charge is 2.10. The molecular formula is C16H12F2N2O. The minimum atomic E-state index is -0.651. The van der Waals surface area contributed by atoms with Crippen LogP contribution >= 0.6 is 0 Å². The van der Waals surface area contributed by atoms with Crippen LogP contribution in [0.4, 0.5) is 8.78 Å². The Morgan fingerprint density at radius 2 is 1.76 bits per heavy atom. The number of phenols is 1. The van der Waals surface area contributed by atoms with Gasteiger partial charge >= 0.3 is 0 Å². The molecule has 0 saturated heterocycles. The van der Waals surface area contributed by atoms with Gasteiger partial charge in [-0.25, -0.2) is 13.8 Å². The first kappa shape index (κ1) is 13.3. The maximum atomic E-state index is 13.3. The van der Waals surface area contributed by atoms with Crippen molar-refractivity contribution in [1.82, 2.24) is 9.55 Å². The average Bonchev–Trinajstić information content (AvgIpc) is 2.88. The van der Waals surface area contributed by atoms with E-state index >= 15 is 0 Å².